The van der Waals surface area contributed by atoms with Gasteiger partial charge in [0.2, 0.25) is 0 Å². The highest BCUT2D eigenvalue weighted by Gasteiger charge is 2.46. The summed E-state index contributed by atoms with van der Waals surface area (Å²) < 4.78 is 65.5. The SMILES string of the molecule is COc1ccc(P(=O)(OCC(F)(F)F)N2Cc3ccccc3C[C@@H]2C(=O)NOCc2ccccc2)cc1. The Morgan fingerprint density at radius 1 is 1.00 bits per heavy atom. The van der Waals surface area contributed by atoms with Crippen molar-refractivity contribution in [3.05, 3.63) is 95.6 Å². The van der Waals surface area contributed by atoms with Crippen LogP contribution in [0.3, 0.4) is 0 Å². The van der Waals surface area contributed by atoms with Gasteiger partial charge in [-0.2, -0.15) is 13.2 Å². The van der Waals surface area contributed by atoms with E-state index in [0.717, 1.165) is 16.7 Å². The summed E-state index contributed by atoms with van der Waals surface area (Å²) in [7, 11) is -2.95. The lowest BCUT2D eigenvalue weighted by Gasteiger charge is -2.40. The van der Waals surface area contributed by atoms with Crippen LogP contribution in [0.4, 0.5) is 13.2 Å². The third-order valence-corrected chi connectivity index (χ3v) is 8.45. The quantitative estimate of drug-likeness (QED) is 0.315. The maximum Gasteiger partial charge on any atom is 0.412 e. The van der Waals surface area contributed by atoms with Gasteiger partial charge >= 0.3 is 13.7 Å². The number of rotatable bonds is 9. The molecule has 0 aromatic heterocycles. The van der Waals surface area contributed by atoms with Crippen LogP contribution in [0.25, 0.3) is 0 Å². The van der Waals surface area contributed by atoms with Crippen LogP contribution in [0.2, 0.25) is 0 Å². The van der Waals surface area contributed by atoms with Crippen molar-refractivity contribution >= 4 is 18.7 Å². The number of carbonyl (C=O) groups excluding carboxylic acids is 1. The summed E-state index contributed by atoms with van der Waals surface area (Å²) in [5.74, 6) is -0.214. The highest BCUT2D eigenvalue weighted by Crippen LogP contribution is 2.54. The molecule has 4 rings (SSSR count). The Balaban J connectivity index is 1.66. The van der Waals surface area contributed by atoms with Crippen LogP contribution in [-0.4, -0.2) is 36.5 Å². The second kappa shape index (κ2) is 11.5. The van der Waals surface area contributed by atoms with Crippen LogP contribution >= 0.6 is 7.52 Å². The lowest BCUT2D eigenvalue weighted by Crippen LogP contribution is -2.50. The van der Waals surface area contributed by atoms with Crippen LogP contribution in [-0.2, 0) is 38.3 Å². The summed E-state index contributed by atoms with van der Waals surface area (Å²) in [6.07, 6.45) is -4.63. The molecule has 7 nitrogen and oxygen atoms in total. The molecular weight excluding hydrogens is 508 g/mol. The number of alkyl halides is 3. The Bertz CT molecular complexity index is 1260. The molecule has 0 aliphatic carbocycles. The highest BCUT2D eigenvalue weighted by molar-refractivity contribution is 7.64. The molecule has 1 heterocycles. The molecule has 0 bridgehead atoms. The predicted molar refractivity (Wildman–Crippen MR) is 131 cm³/mol. The smallest absolute Gasteiger partial charge is 0.412 e. The predicted octanol–water partition coefficient (Wildman–Crippen LogP) is 4.77. The molecule has 0 spiro atoms. The third-order valence-electron chi connectivity index (χ3n) is 5.92. The lowest BCUT2D eigenvalue weighted by molar-refractivity contribution is -0.154. The largest absolute Gasteiger partial charge is 0.497 e. The van der Waals surface area contributed by atoms with E-state index in [0.29, 0.717) is 5.75 Å². The molecule has 3 aromatic rings. The molecular formula is C26H26F3N2O5P. The maximum absolute atomic E-state index is 14.4. The van der Waals surface area contributed by atoms with E-state index in [4.69, 9.17) is 14.1 Å². The minimum absolute atomic E-state index is 0.0138. The van der Waals surface area contributed by atoms with Crippen molar-refractivity contribution < 1.29 is 36.6 Å². The van der Waals surface area contributed by atoms with Gasteiger partial charge in [-0.3, -0.25) is 14.2 Å². The first-order chi connectivity index (χ1) is 17.7. The monoisotopic (exact) mass is 534 g/mol. The fraction of sp³-hybridized carbons (Fsp3) is 0.269. The van der Waals surface area contributed by atoms with E-state index in [2.05, 4.69) is 5.48 Å². The number of nitrogens with zero attached hydrogens (tertiary/aromatic N) is 1. The molecule has 37 heavy (non-hydrogen) atoms. The average molecular weight is 534 g/mol. The number of hydroxylamine groups is 1. The standard InChI is InChI=1S/C26H26F3N2O5P/c1-34-22-11-13-23(14-12-22)37(33,36-18-26(27,28)29)31-16-21-10-6-5-9-20(21)15-24(31)25(32)30-35-17-19-7-3-2-4-8-19/h2-14,24H,15-18H2,1H3,(H,30,32)/t24-,37?/m1/s1. The molecule has 196 valence electrons. The minimum Gasteiger partial charge on any atom is -0.497 e. The van der Waals surface area contributed by atoms with E-state index in [1.54, 1.807) is 18.2 Å². The molecule has 0 fully saturated rings. The van der Waals surface area contributed by atoms with Gasteiger partial charge < -0.3 is 9.26 Å². The van der Waals surface area contributed by atoms with Crippen molar-refractivity contribution in [2.45, 2.75) is 31.8 Å². The van der Waals surface area contributed by atoms with E-state index >= 15 is 0 Å². The van der Waals surface area contributed by atoms with Crippen LogP contribution in [0.5, 0.6) is 5.75 Å². The summed E-state index contributed by atoms with van der Waals surface area (Å²) in [4.78, 5) is 18.7. The van der Waals surface area contributed by atoms with Gasteiger partial charge in [-0.05, 0) is 47.4 Å². The Morgan fingerprint density at radius 3 is 2.30 bits per heavy atom. The number of ether oxygens (including phenoxy) is 1. The first kappa shape index (κ1) is 26.9. The van der Waals surface area contributed by atoms with Crippen molar-refractivity contribution in [3.8, 4) is 5.75 Å². The fourth-order valence-electron chi connectivity index (χ4n) is 4.08. The Morgan fingerprint density at radius 2 is 1.65 bits per heavy atom. The fourth-order valence-corrected chi connectivity index (χ4v) is 6.41. The molecule has 0 saturated heterocycles. The number of nitrogens with one attached hydrogen (secondary N) is 1. The first-order valence-corrected chi connectivity index (χ1v) is 13.0. The highest BCUT2D eigenvalue weighted by atomic mass is 31.2. The van der Waals surface area contributed by atoms with E-state index < -0.39 is 32.3 Å². The van der Waals surface area contributed by atoms with Crippen LogP contribution in [0.1, 0.15) is 16.7 Å². The molecule has 1 N–H and O–H groups in total. The van der Waals surface area contributed by atoms with Crippen LogP contribution in [0.15, 0.2) is 78.9 Å². The number of halogens is 3. The zero-order valence-electron chi connectivity index (χ0n) is 20.0. The number of hydrogen-bond acceptors (Lipinski definition) is 5. The number of benzene rings is 3. The van der Waals surface area contributed by atoms with Gasteiger partial charge in [0.1, 0.15) is 11.8 Å². The lowest BCUT2D eigenvalue weighted by atomic mass is 9.95. The Hall–Kier alpha value is -3.17. The molecule has 3 aromatic carbocycles. The third kappa shape index (κ3) is 6.59. The molecule has 1 aliphatic rings. The van der Waals surface area contributed by atoms with E-state index in [1.807, 2.05) is 36.4 Å². The second-order valence-corrected chi connectivity index (χ2v) is 10.8. The van der Waals surface area contributed by atoms with E-state index in [1.165, 1.54) is 36.0 Å². The summed E-state index contributed by atoms with van der Waals surface area (Å²) in [6, 6.07) is 20.9. The van der Waals surface area contributed by atoms with E-state index in [9.17, 15) is 22.5 Å². The summed E-state index contributed by atoms with van der Waals surface area (Å²) in [6.45, 7) is -1.72. The molecule has 2 atom stereocenters. The number of hydrogen-bond donors (Lipinski definition) is 1. The van der Waals surface area contributed by atoms with Crippen LogP contribution < -0.4 is 15.5 Å². The van der Waals surface area contributed by atoms with Crippen molar-refractivity contribution in [2.24, 2.45) is 0 Å². The van der Waals surface area contributed by atoms with Gasteiger partial charge in [-0.25, -0.2) is 10.2 Å². The molecule has 1 unspecified atom stereocenters. The maximum atomic E-state index is 14.4. The van der Waals surface area contributed by atoms with Crippen molar-refractivity contribution in [3.63, 3.8) is 0 Å². The van der Waals surface area contributed by atoms with Crippen molar-refractivity contribution in [1.82, 2.24) is 10.2 Å². The van der Waals surface area contributed by atoms with Crippen molar-refractivity contribution in [1.29, 1.82) is 0 Å². The summed E-state index contributed by atoms with van der Waals surface area (Å²) in [5.41, 5.74) is 4.74. The summed E-state index contributed by atoms with van der Waals surface area (Å²) in [5, 5.41) is 0.0138. The number of fused-ring (bicyclic) bond motifs is 1. The van der Waals surface area contributed by atoms with Gasteiger partial charge in [0.15, 0.2) is 6.61 Å². The molecule has 1 amide bonds. The molecule has 1 aliphatic heterocycles. The number of carbonyl (C=O) groups is 1. The zero-order chi connectivity index (χ0) is 26.5. The average Bonchev–Trinajstić information content (AvgIpc) is 2.91. The van der Waals surface area contributed by atoms with Gasteiger partial charge in [-0.15, -0.1) is 0 Å². The Kier molecular flexibility index (Phi) is 8.34. The normalized spacial score (nSPS) is 17.5. The van der Waals surface area contributed by atoms with Crippen LogP contribution in [0, 0.1) is 0 Å². The molecule has 0 saturated carbocycles. The number of methoxy groups -OCH3 is 1. The Labute approximate surface area is 212 Å². The molecule has 11 heteroatoms. The molecule has 0 radical (unpaired) electrons. The number of amides is 1. The van der Waals surface area contributed by atoms with E-state index in [-0.39, 0.29) is 24.9 Å². The first-order valence-electron chi connectivity index (χ1n) is 11.4. The van der Waals surface area contributed by atoms with Gasteiger partial charge in [0.25, 0.3) is 5.91 Å². The van der Waals surface area contributed by atoms with Gasteiger partial charge in [0.05, 0.1) is 19.0 Å². The topological polar surface area (TPSA) is 77.1 Å². The summed E-state index contributed by atoms with van der Waals surface area (Å²) >= 11 is 0. The minimum atomic E-state index is -4.73. The van der Waals surface area contributed by atoms with Crippen molar-refractivity contribution in [2.75, 3.05) is 13.7 Å². The second-order valence-electron chi connectivity index (χ2n) is 8.43. The van der Waals surface area contributed by atoms with Gasteiger partial charge in [0, 0.05) is 6.54 Å². The zero-order valence-corrected chi connectivity index (χ0v) is 20.9. The van der Waals surface area contributed by atoms with Gasteiger partial charge in [-0.1, -0.05) is 54.6 Å².